The Kier molecular flexibility index (Phi) is 9.08. The molecule has 0 saturated heterocycles. The van der Waals surface area contributed by atoms with Crippen molar-refractivity contribution < 1.29 is 0 Å². The molecule has 7 rings (SSSR count). The Morgan fingerprint density at radius 1 is 0.469 bits per heavy atom. The van der Waals surface area contributed by atoms with Crippen molar-refractivity contribution in [3.05, 3.63) is 193 Å². The first-order valence-electron chi connectivity index (χ1n) is 16.1. The number of nitrogens with zero attached hydrogens (tertiary/aromatic N) is 4. The molecule has 0 bridgehead atoms. The molecule has 0 aliphatic carbocycles. The quantitative estimate of drug-likeness (QED) is 0.157. The van der Waals surface area contributed by atoms with Gasteiger partial charge in [-0.05, 0) is 64.7 Å². The minimum Gasteiger partial charge on any atom is -0.286 e. The lowest BCUT2D eigenvalue weighted by molar-refractivity contribution is 1.32. The van der Waals surface area contributed by atoms with Crippen molar-refractivity contribution in [2.75, 3.05) is 7.05 Å². The average molecular weight is 629 g/mol. The van der Waals surface area contributed by atoms with Gasteiger partial charge in [-0.3, -0.25) is 4.99 Å². The van der Waals surface area contributed by atoms with Crippen LogP contribution in [0.1, 0.15) is 16.7 Å². The van der Waals surface area contributed by atoms with E-state index in [4.69, 9.17) is 15.0 Å². The van der Waals surface area contributed by atoms with Crippen molar-refractivity contribution in [3.63, 3.8) is 0 Å². The van der Waals surface area contributed by atoms with Crippen molar-refractivity contribution in [2.45, 2.75) is 0 Å². The maximum atomic E-state index is 9.39. The summed E-state index contributed by atoms with van der Waals surface area (Å²) in [6.45, 7) is 0. The summed E-state index contributed by atoms with van der Waals surface area (Å²) in [4.78, 5) is 15.1. The lowest BCUT2D eigenvalue weighted by Gasteiger charge is -2.14. The third kappa shape index (κ3) is 7.02. The highest BCUT2D eigenvalue weighted by molar-refractivity contribution is 6.54. The molecule has 0 unspecified atom stereocenters. The molecule has 0 aliphatic rings. The summed E-state index contributed by atoms with van der Waals surface area (Å²) in [7, 11) is 1.81. The summed E-state index contributed by atoms with van der Waals surface area (Å²) in [5, 5.41) is 9.39. The molecule has 4 heteroatoms. The number of benzene rings is 6. The van der Waals surface area contributed by atoms with Crippen LogP contribution >= 0.6 is 0 Å². The number of hydrogen-bond acceptors (Lipinski definition) is 4. The molecular weight excluding hydrogens is 597 g/mol. The Bertz CT molecular complexity index is 2260. The first-order valence-corrected chi connectivity index (χ1v) is 16.1. The highest BCUT2D eigenvalue weighted by atomic mass is 14.8. The molecule has 1 aromatic heterocycles. The third-order valence-corrected chi connectivity index (χ3v) is 8.36. The normalized spacial score (nSPS) is 11.6. The van der Waals surface area contributed by atoms with Gasteiger partial charge >= 0.3 is 0 Å². The molecule has 232 valence electrons. The topological polar surface area (TPSA) is 61.4 Å². The molecule has 0 spiro atoms. The zero-order valence-electron chi connectivity index (χ0n) is 27.0. The number of aliphatic imine (C=N–C) groups is 2. The predicted octanol–water partition coefficient (Wildman–Crippen LogP) is 10.9. The fourth-order valence-electron chi connectivity index (χ4n) is 5.90. The maximum absolute atomic E-state index is 9.39. The molecule has 0 fully saturated rings. The fraction of sp³-hybridized carbons (Fsp3) is 0.0222. The Hall–Kier alpha value is -6.70. The van der Waals surface area contributed by atoms with Gasteiger partial charge in [0.15, 0.2) is 0 Å². The summed E-state index contributed by atoms with van der Waals surface area (Å²) in [6.07, 6.45) is 0. The first kappa shape index (κ1) is 30.9. The summed E-state index contributed by atoms with van der Waals surface area (Å²) < 4.78 is 0. The molecule has 7 aromatic rings. The van der Waals surface area contributed by atoms with Crippen molar-refractivity contribution >= 4 is 17.1 Å². The second kappa shape index (κ2) is 14.4. The molecule has 49 heavy (non-hydrogen) atoms. The second-order valence-corrected chi connectivity index (χ2v) is 11.6. The minimum absolute atomic E-state index is 0.635. The first-order chi connectivity index (χ1) is 24.2. The number of aromatic nitrogens is 1. The summed E-state index contributed by atoms with van der Waals surface area (Å²) >= 11 is 0. The Labute approximate surface area is 287 Å². The van der Waals surface area contributed by atoms with Crippen LogP contribution < -0.4 is 0 Å². The van der Waals surface area contributed by atoms with E-state index in [1.54, 1.807) is 0 Å². The number of rotatable bonds is 8. The lowest BCUT2D eigenvalue weighted by atomic mass is 9.94. The monoisotopic (exact) mass is 628 g/mol. The van der Waals surface area contributed by atoms with E-state index in [0.717, 1.165) is 73.0 Å². The summed E-state index contributed by atoms with van der Waals surface area (Å²) in [6, 6.07) is 61.6. The van der Waals surface area contributed by atoms with E-state index >= 15 is 0 Å². The molecule has 0 amide bonds. The van der Waals surface area contributed by atoms with Crippen molar-refractivity contribution in [2.24, 2.45) is 9.98 Å². The largest absolute Gasteiger partial charge is 0.286 e. The molecule has 0 aliphatic heterocycles. The van der Waals surface area contributed by atoms with E-state index < -0.39 is 0 Å². The minimum atomic E-state index is 0.635. The smallest absolute Gasteiger partial charge is 0.0991 e. The van der Waals surface area contributed by atoms with E-state index in [-0.39, 0.29) is 0 Å². The van der Waals surface area contributed by atoms with Crippen LogP contribution in [0.3, 0.4) is 0 Å². The number of hydrogen-bond donors (Lipinski definition) is 0. The van der Waals surface area contributed by atoms with Crippen LogP contribution in [0.2, 0.25) is 0 Å². The van der Waals surface area contributed by atoms with Crippen LogP contribution in [-0.4, -0.2) is 23.5 Å². The Balaban J connectivity index is 1.33. The molecule has 1 heterocycles. The zero-order valence-corrected chi connectivity index (χ0v) is 27.0. The van der Waals surface area contributed by atoms with Crippen LogP contribution in [0.4, 0.5) is 5.69 Å². The zero-order chi connectivity index (χ0) is 33.4. The fourth-order valence-corrected chi connectivity index (χ4v) is 5.90. The van der Waals surface area contributed by atoms with E-state index in [0.29, 0.717) is 5.56 Å². The summed E-state index contributed by atoms with van der Waals surface area (Å²) in [5.41, 5.74) is 13.0. The maximum Gasteiger partial charge on any atom is 0.0991 e. The van der Waals surface area contributed by atoms with Crippen LogP contribution in [0.5, 0.6) is 0 Å². The average Bonchev–Trinajstić information content (AvgIpc) is 3.19. The van der Waals surface area contributed by atoms with E-state index in [1.165, 1.54) is 0 Å². The molecule has 0 radical (unpaired) electrons. The SMILES string of the molecule is CN=C(C(=Nc1ccccc1)c1cccc(-c2cc(-c3ccccc3)nc(-c3ccccc3)c2)c1)c1ccc(-c2cccc(C#N)c2)cc1. The van der Waals surface area contributed by atoms with Crippen LogP contribution in [-0.2, 0) is 0 Å². The van der Waals surface area contributed by atoms with Gasteiger partial charge in [-0.25, -0.2) is 9.98 Å². The molecule has 0 atom stereocenters. The van der Waals surface area contributed by atoms with Crippen molar-refractivity contribution in [1.82, 2.24) is 4.98 Å². The van der Waals surface area contributed by atoms with Crippen LogP contribution in [0, 0.1) is 11.3 Å². The molecule has 4 nitrogen and oxygen atoms in total. The van der Waals surface area contributed by atoms with Crippen molar-refractivity contribution in [1.29, 1.82) is 5.26 Å². The van der Waals surface area contributed by atoms with Crippen LogP contribution in [0.25, 0.3) is 44.8 Å². The van der Waals surface area contributed by atoms with Gasteiger partial charge in [-0.15, -0.1) is 0 Å². The number of pyridine rings is 1. The van der Waals surface area contributed by atoms with E-state index in [1.807, 2.05) is 98.0 Å². The lowest BCUT2D eigenvalue weighted by Crippen LogP contribution is -2.17. The van der Waals surface area contributed by atoms with Gasteiger partial charge in [-0.2, -0.15) is 5.26 Å². The molecular formula is C45H32N4. The molecule has 0 saturated carbocycles. The van der Waals surface area contributed by atoms with Gasteiger partial charge < -0.3 is 0 Å². The van der Waals surface area contributed by atoms with Gasteiger partial charge in [0.2, 0.25) is 0 Å². The standard InChI is InChI=1S/C45H32N4/c1-47-44(36-25-23-33(24-26-36)37-18-11-13-32(27-37)31-46)45(48-41-21-9-4-10-22-41)39-20-12-19-38(28-39)40-29-42(34-14-5-2-6-15-34)49-43(30-40)35-16-7-3-8-17-35/h2-30H,1H3. The van der Waals surface area contributed by atoms with Gasteiger partial charge in [0.05, 0.1) is 40.1 Å². The second-order valence-electron chi connectivity index (χ2n) is 11.6. The van der Waals surface area contributed by atoms with Gasteiger partial charge in [0.1, 0.15) is 0 Å². The van der Waals surface area contributed by atoms with Crippen molar-refractivity contribution in [3.8, 4) is 50.8 Å². The van der Waals surface area contributed by atoms with Gasteiger partial charge in [0, 0.05) is 29.3 Å². The Morgan fingerprint density at radius 3 is 1.61 bits per heavy atom. The number of para-hydroxylation sites is 1. The highest BCUT2D eigenvalue weighted by Gasteiger charge is 2.17. The van der Waals surface area contributed by atoms with E-state index in [2.05, 4.69) is 91.0 Å². The predicted molar refractivity (Wildman–Crippen MR) is 202 cm³/mol. The highest BCUT2D eigenvalue weighted by Crippen LogP contribution is 2.31. The third-order valence-electron chi connectivity index (χ3n) is 8.36. The van der Waals surface area contributed by atoms with E-state index in [9.17, 15) is 5.26 Å². The molecule has 0 N–H and O–H groups in total. The van der Waals surface area contributed by atoms with Crippen LogP contribution in [0.15, 0.2) is 186 Å². The Morgan fingerprint density at radius 2 is 1.02 bits per heavy atom. The molecule has 6 aromatic carbocycles. The number of nitriles is 1. The summed E-state index contributed by atoms with van der Waals surface area (Å²) in [5.74, 6) is 0. The van der Waals surface area contributed by atoms with Gasteiger partial charge in [0.25, 0.3) is 0 Å². The van der Waals surface area contributed by atoms with Gasteiger partial charge in [-0.1, -0.05) is 133 Å².